The Labute approximate surface area is 141 Å². The van der Waals surface area contributed by atoms with Crippen LogP contribution in [0.4, 0.5) is 0 Å². The van der Waals surface area contributed by atoms with Crippen LogP contribution in [0.1, 0.15) is 68.6 Å². The molecule has 0 spiro atoms. The van der Waals surface area contributed by atoms with Gasteiger partial charge in [0.25, 0.3) is 0 Å². The lowest BCUT2D eigenvalue weighted by Crippen LogP contribution is -2.32. The molecule has 1 aromatic rings. The van der Waals surface area contributed by atoms with Gasteiger partial charge < -0.3 is 5.73 Å². The van der Waals surface area contributed by atoms with Gasteiger partial charge in [0.1, 0.15) is 0 Å². The van der Waals surface area contributed by atoms with Crippen molar-refractivity contribution in [1.29, 1.82) is 0 Å². The van der Waals surface area contributed by atoms with E-state index in [1.807, 2.05) is 0 Å². The summed E-state index contributed by atoms with van der Waals surface area (Å²) in [6.07, 6.45) is 17.3. The largest absolute Gasteiger partial charge is 0.325 e. The number of aryl methyl sites for hydroxylation is 1. The van der Waals surface area contributed by atoms with Crippen molar-refractivity contribution in [2.75, 3.05) is 0 Å². The van der Waals surface area contributed by atoms with Gasteiger partial charge in [0.05, 0.1) is 0 Å². The molecule has 1 saturated carbocycles. The molecule has 0 saturated heterocycles. The highest BCUT2D eigenvalue weighted by Gasteiger charge is 2.32. The smallest absolute Gasteiger partial charge is 0.0131 e. The van der Waals surface area contributed by atoms with Gasteiger partial charge in [-0.05, 0) is 87.3 Å². The predicted octanol–water partition coefficient (Wildman–Crippen LogP) is 5.30. The second-order valence-electron chi connectivity index (χ2n) is 7.92. The maximum atomic E-state index is 6.32. The van der Waals surface area contributed by atoms with Gasteiger partial charge in [0.15, 0.2) is 0 Å². The molecule has 1 heteroatoms. The van der Waals surface area contributed by atoms with E-state index in [1.54, 1.807) is 11.1 Å². The molecule has 2 N–H and O–H groups in total. The second-order valence-corrected chi connectivity index (χ2v) is 7.92. The number of hydrogen-bond donors (Lipinski definition) is 1. The molecular weight excluding hydrogens is 278 g/mol. The highest BCUT2D eigenvalue weighted by Crippen LogP contribution is 2.40. The third kappa shape index (κ3) is 4.14. The molecule has 0 amide bonds. The Bertz CT molecular complexity index is 594. The number of benzene rings is 1. The molecule has 1 aromatic carbocycles. The first-order valence-corrected chi connectivity index (χ1v) is 9.26. The topological polar surface area (TPSA) is 26.0 Å². The zero-order chi connectivity index (χ0) is 16.3. The van der Waals surface area contributed by atoms with E-state index in [9.17, 15) is 0 Å². The van der Waals surface area contributed by atoms with E-state index in [-0.39, 0.29) is 5.54 Å². The fourth-order valence-electron chi connectivity index (χ4n) is 4.32. The van der Waals surface area contributed by atoms with Crippen molar-refractivity contribution in [1.82, 2.24) is 0 Å². The summed E-state index contributed by atoms with van der Waals surface area (Å²) >= 11 is 0. The minimum atomic E-state index is 0.0466. The summed E-state index contributed by atoms with van der Waals surface area (Å²) in [5.74, 6) is 1.49. The molecule has 0 aromatic heterocycles. The van der Waals surface area contributed by atoms with Crippen LogP contribution in [0.3, 0.4) is 0 Å². The van der Waals surface area contributed by atoms with Crippen LogP contribution >= 0.6 is 0 Å². The first-order valence-electron chi connectivity index (χ1n) is 9.26. The van der Waals surface area contributed by atoms with Crippen molar-refractivity contribution in [2.45, 2.75) is 70.3 Å². The van der Waals surface area contributed by atoms with Gasteiger partial charge in [-0.3, -0.25) is 0 Å². The third-order valence-electron chi connectivity index (χ3n) is 5.72. The molecule has 1 fully saturated rings. The molecule has 3 rings (SSSR count). The van der Waals surface area contributed by atoms with Crippen LogP contribution in [0.2, 0.25) is 0 Å². The Balaban J connectivity index is 1.64. The Kier molecular flexibility index (Phi) is 5.06. The molecule has 0 bridgehead atoms. The summed E-state index contributed by atoms with van der Waals surface area (Å²) in [5, 5.41) is 0. The number of nitrogens with two attached hydrogens (primary N) is 1. The van der Waals surface area contributed by atoms with E-state index in [0.717, 1.165) is 18.8 Å². The van der Waals surface area contributed by atoms with Gasteiger partial charge in [-0.25, -0.2) is 0 Å². The van der Waals surface area contributed by atoms with Crippen molar-refractivity contribution in [2.24, 2.45) is 11.7 Å². The summed E-state index contributed by atoms with van der Waals surface area (Å²) in [6, 6.07) is 7.27. The zero-order valence-electron chi connectivity index (χ0n) is 14.7. The van der Waals surface area contributed by atoms with Crippen LogP contribution in [0, 0.1) is 5.92 Å². The molecule has 0 radical (unpaired) electrons. The monoisotopic (exact) mass is 309 g/mol. The average molecular weight is 309 g/mol. The fraction of sp³-hybridized carbons (Fsp3) is 0.545. The first kappa shape index (κ1) is 16.5. The lowest BCUT2D eigenvalue weighted by molar-refractivity contribution is 0.462. The quantitative estimate of drug-likeness (QED) is 0.750. The Morgan fingerprint density at radius 2 is 2.09 bits per heavy atom. The highest BCUT2D eigenvalue weighted by atomic mass is 14.7. The van der Waals surface area contributed by atoms with Gasteiger partial charge in [-0.1, -0.05) is 42.5 Å². The Morgan fingerprint density at radius 1 is 1.22 bits per heavy atom. The molecule has 124 valence electrons. The lowest BCUT2D eigenvalue weighted by Gasteiger charge is -2.25. The molecule has 23 heavy (non-hydrogen) atoms. The van der Waals surface area contributed by atoms with E-state index in [2.05, 4.69) is 56.4 Å². The van der Waals surface area contributed by atoms with Crippen LogP contribution in [-0.4, -0.2) is 5.54 Å². The van der Waals surface area contributed by atoms with E-state index >= 15 is 0 Å². The molecule has 0 unspecified atom stereocenters. The van der Waals surface area contributed by atoms with Crippen LogP contribution in [0.5, 0.6) is 0 Å². The Morgan fingerprint density at radius 3 is 2.83 bits per heavy atom. The second kappa shape index (κ2) is 7.05. The first-order chi connectivity index (χ1) is 11.1. The fourth-order valence-corrected chi connectivity index (χ4v) is 4.32. The molecule has 0 aliphatic heterocycles. The molecule has 0 heterocycles. The maximum absolute atomic E-state index is 6.32. The summed E-state index contributed by atoms with van der Waals surface area (Å²) < 4.78 is 0. The third-order valence-corrected chi connectivity index (χ3v) is 5.72. The summed E-state index contributed by atoms with van der Waals surface area (Å²) in [4.78, 5) is 0. The van der Waals surface area contributed by atoms with Gasteiger partial charge in [-0.2, -0.15) is 0 Å². The number of rotatable bonds is 4. The van der Waals surface area contributed by atoms with Gasteiger partial charge in [-0.15, -0.1) is 0 Å². The molecule has 2 aliphatic rings. The molecule has 1 nitrogen and oxygen atoms in total. The SMILES string of the molecule is C/C=C\C=C/C[C@@H]1CCc2cc([C@H]3CC[C@@](C)(N)C3)ccc2C1. The normalized spacial score (nSPS) is 31.1. The minimum absolute atomic E-state index is 0.0466. The van der Waals surface area contributed by atoms with E-state index < -0.39 is 0 Å². The van der Waals surface area contributed by atoms with E-state index in [4.69, 9.17) is 5.73 Å². The summed E-state index contributed by atoms with van der Waals surface area (Å²) in [7, 11) is 0. The minimum Gasteiger partial charge on any atom is -0.325 e. The molecule has 2 aliphatic carbocycles. The van der Waals surface area contributed by atoms with Crippen LogP contribution < -0.4 is 5.73 Å². The highest BCUT2D eigenvalue weighted by molar-refractivity contribution is 5.36. The van der Waals surface area contributed by atoms with E-state index in [1.165, 1.54) is 37.7 Å². The molecular formula is C22H31N. The zero-order valence-corrected chi connectivity index (χ0v) is 14.7. The van der Waals surface area contributed by atoms with Gasteiger partial charge in [0, 0.05) is 5.54 Å². The van der Waals surface area contributed by atoms with E-state index in [0.29, 0.717) is 5.92 Å². The predicted molar refractivity (Wildman–Crippen MR) is 99.7 cm³/mol. The van der Waals surface area contributed by atoms with Crippen molar-refractivity contribution in [3.05, 3.63) is 59.2 Å². The van der Waals surface area contributed by atoms with Crippen molar-refractivity contribution < 1.29 is 0 Å². The number of hydrogen-bond acceptors (Lipinski definition) is 1. The Hall–Kier alpha value is -1.34. The summed E-state index contributed by atoms with van der Waals surface area (Å²) in [5.41, 5.74) is 11.1. The number of fused-ring (bicyclic) bond motifs is 1. The maximum Gasteiger partial charge on any atom is 0.0131 e. The van der Waals surface area contributed by atoms with Gasteiger partial charge >= 0.3 is 0 Å². The van der Waals surface area contributed by atoms with Gasteiger partial charge in [0.2, 0.25) is 0 Å². The van der Waals surface area contributed by atoms with Crippen molar-refractivity contribution in [3.8, 4) is 0 Å². The van der Waals surface area contributed by atoms with Crippen LogP contribution in [-0.2, 0) is 12.8 Å². The lowest BCUT2D eigenvalue weighted by atomic mass is 9.80. The van der Waals surface area contributed by atoms with Crippen molar-refractivity contribution >= 4 is 0 Å². The van der Waals surface area contributed by atoms with Crippen molar-refractivity contribution in [3.63, 3.8) is 0 Å². The molecule has 3 atom stereocenters. The number of allylic oxidation sites excluding steroid dienone is 4. The van der Waals surface area contributed by atoms with Crippen LogP contribution in [0.25, 0.3) is 0 Å². The standard InChI is InChI=1S/C22H31N/c1-3-4-5-6-7-17-8-9-19-15-20(11-10-18(19)14-17)21-12-13-22(2,23)16-21/h3-6,10-11,15,17,21H,7-9,12-14,16,23H2,1-2H3/b4-3-,6-5-/t17-,21+,22-/m1/s1. The summed E-state index contributed by atoms with van der Waals surface area (Å²) in [6.45, 7) is 4.27. The van der Waals surface area contributed by atoms with Crippen LogP contribution in [0.15, 0.2) is 42.5 Å². The average Bonchev–Trinajstić information content (AvgIpc) is 2.91.